The van der Waals surface area contributed by atoms with E-state index in [1.165, 1.54) is 0 Å². The Morgan fingerprint density at radius 2 is 1.66 bits per heavy atom. The fourth-order valence-corrected chi connectivity index (χ4v) is 2.82. The molecule has 2 N–H and O–H groups in total. The van der Waals surface area contributed by atoms with Gasteiger partial charge >= 0.3 is 29.6 Å². The summed E-state index contributed by atoms with van der Waals surface area (Å²) in [6, 6.07) is 0.637. The molecule has 0 unspecified atom stereocenters. The minimum Gasteiger partial charge on any atom is -0.477 e. The van der Waals surface area contributed by atoms with Gasteiger partial charge in [0, 0.05) is 26.8 Å². The van der Waals surface area contributed by atoms with Gasteiger partial charge in [-0.1, -0.05) is 0 Å². The van der Waals surface area contributed by atoms with Crippen LogP contribution in [0.3, 0.4) is 0 Å². The molecule has 1 aliphatic heterocycles. The van der Waals surface area contributed by atoms with Crippen molar-refractivity contribution in [3.63, 3.8) is 0 Å². The first-order chi connectivity index (χ1) is 13.5. The molecule has 1 fully saturated rings. The van der Waals surface area contributed by atoms with Crippen LogP contribution in [0.5, 0.6) is 0 Å². The lowest BCUT2D eigenvalue weighted by Crippen LogP contribution is -2.43. The monoisotopic (exact) mass is 414 g/mol. The summed E-state index contributed by atoms with van der Waals surface area (Å²) >= 11 is 0. The number of hydrogen-bond acceptors (Lipinski definition) is 10. The van der Waals surface area contributed by atoms with Crippen LogP contribution in [0, 0.1) is 0 Å². The number of aromatic nitrogens is 2. The number of aromatic carboxylic acids is 1. The highest BCUT2D eigenvalue weighted by molar-refractivity contribution is 5.85. The zero-order valence-electron chi connectivity index (χ0n) is 15.6. The van der Waals surface area contributed by atoms with Crippen molar-refractivity contribution >= 4 is 23.9 Å². The third-order valence-corrected chi connectivity index (χ3v) is 3.79. The van der Waals surface area contributed by atoms with E-state index < -0.39 is 72.0 Å². The van der Waals surface area contributed by atoms with Crippen molar-refractivity contribution in [2.45, 2.75) is 45.3 Å². The number of carboxylic acids is 1. The summed E-state index contributed by atoms with van der Waals surface area (Å²) in [7, 11) is 0. The molecule has 1 saturated heterocycles. The van der Waals surface area contributed by atoms with E-state index in [1.807, 2.05) is 4.98 Å². The molecular formula is C16H18N2O11. The number of carboxylic acid groups (broad SMARTS) is 1. The summed E-state index contributed by atoms with van der Waals surface area (Å²) in [6.45, 7) is 2.78. The smallest absolute Gasteiger partial charge is 0.352 e. The Hall–Kier alpha value is -3.48. The Morgan fingerprint density at radius 1 is 1.07 bits per heavy atom. The van der Waals surface area contributed by atoms with Crippen molar-refractivity contribution in [1.82, 2.24) is 9.55 Å². The number of ether oxygens (including phenoxy) is 4. The minimum atomic E-state index is -1.63. The van der Waals surface area contributed by atoms with Gasteiger partial charge in [0.05, 0.1) is 0 Å². The van der Waals surface area contributed by atoms with Gasteiger partial charge in [0.1, 0.15) is 18.4 Å². The molecule has 4 atom stereocenters. The van der Waals surface area contributed by atoms with Crippen molar-refractivity contribution in [3.05, 3.63) is 32.6 Å². The normalized spacial score (nSPS) is 23.3. The standard InChI is InChI=1S/C16H18N2O11/c1-6(19)26-5-10-12(27-7(2)20)13(28-8(3)21)14(29-10)18-9(15(23)24)4-11(22)17-16(18)25/h4,10,12-14H,5H2,1-3H3,(H,23,24)(H,17,22,25)/t10-,12-,13-,14-/m1/s1. The van der Waals surface area contributed by atoms with Gasteiger partial charge in [0.2, 0.25) is 0 Å². The third kappa shape index (κ3) is 5.07. The van der Waals surface area contributed by atoms with Gasteiger partial charge in [-0.25, -0.2) is 9.59 Å². The Morgan fingerprint density at radius 3 is 2.17 bits per heavy atom. The fraction of sp³-hybridized carbons (Fsp3) is 0.500. The predicted molar refractivity (Wildman–Crippen MR) is 89.9 cm³/mol. The molecule has 0 spiro atoms. The maximum absolute atomic E-state index is 12.3. The summed E-state index contributed by atoms with van der Waals surface area (Å²) in [5, 5.41) is 9.37. The molecule has 2 rings (SSSR count). The molecule has 1 aromatic rings. The van der Waals surface area contributed by atoms with Crippen LogP contribution in [-0.4, -0.2) is 63.5 Å². The molecule has 0 bridgehead atoms. The minimum absolute atomic E-state index is 0.442. The Bertz CT molecular complexity index is 947. The molecule has 0 aromatic carbocycles. The molecule has 0 amide bonds. The Kier molecular flexibility index (Phi) is 6.53. The lowest BCUT2D eigenvalue weighted by molar-refractivity contribution is -0.166. The number of nitrogens with zero attached hydrogens (tertiary/aromatic N) is 1. The van der Waals surface area contributed by atoms with Gasteiger partial charge in [-0.3, -0.25) is 28.7 Å². The average molecular weight is 414 g/mol. The second-order valence-electron chi connectivity index (χ2n) is 6.01. The maximum Gasteiger partial charge on any atom is 0.352 e. The van der Waals surface area contributed by atoms with Crippen LogP contribution >= 0.6 is 0 Å². The van der Waals surface area contributed by atoms with Crippen molar-refractivity contribution in [3.8, 4) is 0 Å². The van der Waals surface area contributed by atoms with Crippen molar-refractivity contribution in [2.75, 3.05) is 6.61 Å². The van der Waals surface area contributed by atoms with Gasteiger partial charge in [0.15, 0.2) is 18.4 Å². The Labute approximate surface area is 162 Å². The molecule has 29 heavy (non-hydrogen) atoms. The summed E-state index contributed by atoms with van der Waals surface area (Å²) < 4.78 is 21.2. The fourth-order valence-electron chi connectivity index (χ4n) is 2.82. The predicted octanol–water partition coefficient (Wildman–Crippen LogP) is -1.44. The van der Waals surface area contributed by atoms with Gasteiger partial charge < -0.3 is 24.1 Å². The number of aromatic amines is 1. The first-order valence-electron chi connectivity index (χ1n) is 8.23. The zero-order chi connectivity index (χ0) is 21.9. The number of carbonyl (C=O) groups excluding carboxylic acids is 3. The molecule has 158 valence electrons. The molecular weight excluding hydrogens is 396 g/mol. The van der Waals surface area contributed by atoms with Crippen LogP contribution in [0.25, 0.3) is 0 Å². The van der Waals surface area contributed by atoms with Crippen LogP contribution in [0.4, 0.5) is 0 Å². The second-order valence-corrected chi connectivity index (χ2v) is 6.01. The summed E-state index contributed by atoms with van der Waals surface area (Å²) in [5.74, 6) is -3.96. The van der Waals surface area contributed by atoms with E-state index in [4.69, 9.17) is 18.9 Å². The van der Waals surface area contributed by atoms with E-state index in [2.05, 4.69) is 0 Å². The number of esters is 3. The average Bonchev–Trinajstić information content (AvgIpc) is 2.88. The highest BCUT2D eigenvalue weighted by Crippen LogP contribution is 2.34. The number of rotatable bonds is 6. The quantitative estimate of drug-likeness (QED) is 0.411. The van der Waals surface area contributed by atoms with Crippen molar-refractivity contribution in [1.29, 1.82) is 0 Å². The molecule has 1 aromatic heterocycles. The Balaban J connectivity index is 2.59. The first kappa shape index (κ1) is 21.8. The number of carbonyl (C=O) groups is 4. The molecule has 2 heterocycles. The van der Waals surface area contributed by atoms with Gasteiger partial charge in [0.25, 0.3) is 5.56 Å². The number of hydrogen-bond donors (Lipinski definition) is 2. The molecule has 0 saturated carbocycles. The summed E-state index contributed by atoms with van der Waals surface area (Å²) in [5.41, 5.74) is -2.89. The molecule has 0 radical (unpaired) electrons. The molecule has 13 nitrogen and oxygen atoms in total. The van der Waals surface area contributed by atoms with Crippen LogP contribution < -0.4 is 11.2 Å². The summed E-state index contributed by atoms with van der Waals surface area (Å²) in [4.78, 5) is 71.5. The number of nitrogens with one attached hydrogen (secondary N) is 1. The molecule has 1 aliphatic rings. The largest absolute Gasteiger partial charge is 0.477 e. The van der Waals surface area contributed by atoms with E-state index >= 15 is 0 Å². The van der Waals surface area contributed by atoms with Gasteiger partial charge in [-0.2, -0.15) is 0 Å². The van der Waals surface area contributed by atoms with Crippen molar-refractivity contribution < 1.29 is 43.2 Å². The van der Waals surface area contributed by atoms with E-state index in [0.717, 1.165) is 20.8 Å². The van der Waals surface area contributed by atoms with Crippen molar-refractivity contribution in [2.24, 2.45) is 0 Å². The van der Waals surface area contributed by atoms with E-state index in [0.29, 0.717) is 10.6 Å². The van der Waals surface area contributed by atoms with Gasteiger partial charge in [-0.15, -0.1) is 0 Å². The lowest BCUT2D eigenvalue weighted by Gasteiger charge is -2.24. The summed E-state index contributed by atoms with van der Waals surface area (Å²) in [6.07, 6.45) is -5.60. The second kappa shape index (κ2) is 8.68. The van der Waals surface area contributed by atoms with Gasteiger partial charge in [-0.05, 0) is 0 Å². The third-order valence-electron chi connectivity index (χ3n) is 3.79. The highest BCUT2D eigenvalue weighted by Gasteiger charge is 2.51. The molecule has 13 heteroatoms. The van der Waals surface area contributed by atoms with Crippen LogP contribution in [-0.2, 0) is 33.3 Å². The maximum atomic E-state index is 12.3. The van der Waals surface area contributed by atoms with E-state index in [1.54, 1.807) is 0 Å². The lowest BCUT2D eigenvalue weighted by atomic mass is 10.1. The van der Waals surface area contributed by atoms with E-state index in [9.17, 15) is 33.9 Å². The van der Waals surface area contributed by atoms with Crippen LogP contribution in [0.15, 0.2) is 15.7 Å². The van der Waals surface area contributed by atoms with Crippen LogP contribution in [0.2, 0.25) is 0 Å². The number of H-pyrrole nitrogens is 1. The van der Waals surface area contributed by atoms with E-state index in [-0.39, 0.29) is 0 Å². The highest BCUT2D eigenvalue weighted by atomic mass is 16.7. The van der Waals surface area contributed by atoms with Crippen LogP contribution in [0.1, 0.15) is 37.5 Å². The SMILES string of the molecule is CC(=O)OC[C@H]1O[C@@H](n2c(C(=O)O)cc(=O)[nH]c2=O)[C@H](OC(C)=O)[C@@H]1OC(C)=O. The zero-order valence-corrected chi connectivity index (χ0v) is 15.6. The molecule has 0 aliphatic carbocycles. The topological polar surface area (TPSA) is 180 Å². The first-order valence-corrected chi connectivity index (χ1v) is 8.23.